The van der Waals surface area contributed by atoms with Crippen molar-refractivity contribution in [2.24, 2.45) is 0 Å². The highest BCUT2D eigenvalue weighted by Crippen LogP contribution is 2.17. The van der Waals surface area contributed by atoms with Gasteiger partial charge in [0.15, 0.2) is 12.3 Å². The first-order valence-electron chi connectivity index (χ1n) is 5.22. The number of rotatable bonds is 4. The number of nitrogens with zero attached hydrogens (tertiary/aromatic N) is 2. The molecule has 0 saturated heterocycles. The van der Waals surface area contributed by atoms with Gasteiger partial charge in [-0.25, -0.2) is 15.4 Å². The van der Waals surface area contributed by atoms with E-state index in [1.807, 2.05) is 0 Å². The summed E-state index contributed by atoms with van der Waals surface area (Å²) in [5.41, 5.74) is 1.40. The van der Waals surface area contributed by atoms with Gasteiger partial charge < -0.3 is 0 Å². The number of carbonyl (C=O) groups excluding carboxylic acids is 1. The van der Waals surface area contributed by atoms with Crippen molar-refractivity contribution >= 4 is 17.5 Å². The molecule has 106 valence electrons. The number of aromatic nitrogens is 2. The number of hydrogen-bond acceptors (Lipinski definition) is 4. The number of amides is 1. The lowest BCUT2D eigenvalue weighted by Crippen LogP contribution is -2.30. The first-order chi connectivity index (χ1) is 8.70. The lowest BCUT2D eigenvalue weighted by atomic mass is 10.2. The van der Waals surface area contributed by atoms with Crippen LogP contribution in [-0.4, -0.2) is 28.7 Å². The molecule has 0 aliphatic carbocycles. The van der Waals surface area contributed by atoms with Crippen molar-refractivity contribution in [3.05, 3.63) is 22.7 Å². The number of hydroxylamine groups is 1. The van der Waals surface area contributed by atoms with Crippen molar-refractivity contribution in [3.8, 4) is 0 Å². The molecule has 0 unspecified atom stereocenters. The fourth-order valence-electron chi connectivity index (χ4n) is 1.05. The normalized spacial score (nSPS) is 11.7. The third kappa shape index (κ3) is 4.99. The smallest absolute Gasteiger partial charge is 0.265 e. The van der Waals surface area contributed by atoms with Gasteiger partial charge in [0.2, 0.25) is 0 Å². The van der Waals surface area contributed by atoms with Crippen LogP contribution in [0.15, 0.2) is 6.20 Å². The number of alkyl halides is 3. The average Bonchev–Trinajstić information content (AvgIpc) is 2.27. The van der Waals surface area contributed by atoms with Gasteiger partial charge in [-0.05, 0) is 0 Å². The molecule has 0 aliphatic heterocycles. The zero-order valence-corrected chi connectivity index (χ0v) is 10.8. The first-order valence-corrected chi connectivity index (χ1v) is 5.60. The van der Waals surface area contributed by atoms with Gasteiger partial charge in [-0.15, -0.1) is 0 Å². The van der Waals surface area contributed by atoms with Crippen LogP contribution < -0.4 is 5.48 Å². The number of hydrogen-bond donors (Lipinski definition) is 1. The molecule has 0 aromatic carbocycles. The van der Waals surface area contributed by atoms with E-state index in [0.29, 0.717) is 5.82 Å². The van der Waals surface area contributed by atoms with Crippen LogP contribution in [0, 0.1) is 0 Å². The summed E-state index contributed by atoms with van der Waals surface area (Å²) >= 11 is 5.70. The maximum atomic E-state index is 11.8. The molecule has 1 rings (SSSR count). The first kappa shape index (κ1) is 15.6. The summed E-state index contributed by atoms with van der Waals surface area (Å²) < 4.78 is 35.5. The Morgan fingerprint density at radius 2 is 2.16 bits per heavy atom. The van der Waals surface area contributed by atoms with Crippen LogP contribution in [0.3, 0.4) is 0 Å². The molecule has 19 heavy (non-hydrogen) atoms. The molecule has 0 bridgehead atoms. The van der Waals surface area contributed by atoms with E-state index in [9.17, 15) is 18.0 Å². The number of carbonyl (C=O) groups is 1. The summed E-state index contributed by atoms with van der Waals surface area (Å²) in [6, 6.07) is 0. The van der Waals surface area contributed by atoms with E-state index >= 15 is 0 Å². The Morgan fingerprint density at radius 3 is 2.68 bits per heavy atom. The second-order valence-electron chi connectivity index (χ2n) is 3.91. The minimum atomic E-state index is -4.54. The molecule has 1 N–H and O–H groups in total. The summed E-state index contributed by atoms with van der Waals surface area (Å²) in [7, 11) is 0. The molecule has 9 heteroatoms. The maximum absolute atomic E-state index is 11.8. The van der Waals surface area contributed by atoms with E-state index in [-0.39, 0.29) is 16.6 Å². The highest BCUT2D eigenvalue weighted by atomic mass is 35.5. The van der Waals surface area contributed by atoms with Gasteiger partial charge in [0.25, 0.3) is 5.91 Å². The summed E-state index contributed by atoms with van der Waals surface area (Å²) in [6.07, 6.45) is -3.32. The van der Waals surface area contributed by atoms with Crippen molar-refractivity contribution < 1.29 is 22.8 Å². The molecule has 0 fully saturated rings. The highest BCUT2D eigenvalue weighted by Gasteiger charge is 2.28. The fraction of sp³-hybridized carbons (Fsp3) is 0.500. The Morgan fingerprint density at radius 1 is 1.53 bits per heavy atom. The average molecular weight is 298 g/mol. The third-order valence-electron chi connectivity index (χ3n) is 1.89. The van der Waals surface area contributed by atoms with E-state index < -0.39 is 18.7 Å². The third-order valence-corrected chi connectivity index (χ3v) is 2.17. The summed E-state index contributed by atoms with van der Waals surface area (Å²) in [4.78, 5) is 23.3. The topological polar surface area (TPSA) is 64.1 Å². The maximum Gasteiger partial charge on any atom is 0.414 e. The van der Waals surface area contributed by atoms with Crippen molar-refractivity contribution in [1.82, 2.24) is 15.4 Å². The monoisotopic (exact) mass is 297 g/mol. The predicted molar refractivity (Wildman–Crippen MR) is 60.6 cm³/mol. The molecule has 0 atom stereocenters. The van der Waals surface area contributed by atoms with E-state index in [1.165, 1.54) is 6.20 Å². The summed E-state index contributed by atoms with van der Waals surface area (Å²) in [5, 5.41) is -0.0718. The lowest BCUT2D eigenvalue weighted by Gasteiger charge is -2.10. The molecule has 0 radical (unpaired) electrons. The van der Waals surface area contributed by atoms with E-state index in [0.717, 1.165) is 0 Å². The van der Waals surface area contributed by atoms with Crippen molar-refractivity contribution in [1.29, 1.82) is 0 Å². The zero-order chi connectivity index (χ0) is 14.6. The Labute approximate surface area is 112 Å². The number of nitrogens with one attached hydrogen (secondary N) is 1. The number of halogens is 4. The van der Waals surface area contributed by atoms with Crippen LogP contribution in [0.2, 0.25) is 5.02 Å². The Hall–Kier alpha value is -1.41. The zero-order valence-electron chi connectivity index (χ0n) is 10.1. The summed E-state index contributed by atoms with van der Waals surface area (Å²) in [6.45, 7) is 1.99. The van der Waals surface area contributed by atoms with Crippen LogP contribution in [0.1, 0.15) is 36.1 Å². The quantitative estimate of drug-likeness (QED) is 0.867. The van der Waals surface area contributed by atoms with Gasteiger partial charge in [-0.1, -0.05) is 25.4 Å². The molecule has 0 aliphatic rings. The second kappa shape index (κ2) is 6.16. The molecular formula is C10H11ClF3N3O2. The standard InChI is InChI=1S/C10H11ClF3N3O2/c1-5(2)8-15-3-6(11)7(16-8)9(18)17-19-4-10(12,13)14/h3,5H,4H2,1-2H3,(H,17,18). The van der Waals surface area contributed by atoms with E-state index in [2.05, 4.69) is 14.8 Å². The summed E-state index contributed by atoms with van der Waals surface area (Å²) in [5.74, 6) is -0.663. The van der Waals surface area contributed by atoms with Crippen molar-refractivity contribution in [2.75, 3.05) is 6.61 Å². The lowest BCUT2D eigenvalue weighted by molar-refractivity contribution is -0.184. The van der Waals surface area contributed by atoms with Gasteiger partial charge in [-0.2, -0.15) is 13.2 Å². The molecule has 1 aromatic rings. The minimum absolute atomic E-state index is 0.0556. The van der Waals surface area contributed by atoms with Gasteiger partial charge in [0, 0.05) is 5.92 Å². The largest absolute Gasteiger partial charge is 0.414 e. The van der Waals surface area contributed by atoms with Crippen LogP contribution in [0.5, 0.6) is 0 Å². The van der Waals surface area contributed by atoms with Crippen molar-refractivity contribution in [3.63, 3.8) is 0 Å². The van der Waals surface area contributed by atoms with E-state index in [4.69, 9.17) is 11.6 Å². The van der Waals surface area contributed by atoms with Crippen LogP contribution in [-0.2, 0) is 4.84 Å². The fourth-order valence-corrected chi connectivity index (χ4v) is 1.23. The predicted octanol–water partition coefficient (Wildman–Crippen LogP) is 2.48. The second-order valence-corrected chi connectivity index (χ2v) is 4.32. The Balaban J connectivity index is 2.74. The van der Waals surface area contributed by atoms with Gasteiger partial charge in [0.1, 0.15) is 5.82 Å². The van der Waals surface area contributed by atoms with Gasteiger partial charge in [0.05, 0.1) is 11.2 Å². The minimum Gasteiger partial charge on any atom is -0.265 e. The van der Waals surface area contributed by atoms with Crippen LogP contribution >= 0.6 is 11.6 Å². The molecule has 5 nitrogen and oxygen atoms in total. The van der Waals surface area contributed by atoms with Crippen molar-refractivity contribution in [2.45, 2.75) is 25.9 Å². The molecule has 1 aromatic heterocycles. The Bertz CT molecular complexity index is 466. The van der Waals surface area contributed by atoms with Crippen LogP contribution in [0.25, 0.3) is 0 Å². The van der Waals surface area contributed by atoms with Crippen LogP contribution in [0.4, 0.5) is 13.2 Å². The Kier molecular flexibility index (Phi) is 5.07. The molecule has 0 saturated carbocycles. The SMILES string of the molecule is CC(C)c1ncc(Cl)c(C(=O)NOCC(F)(F)F)n1. The molecule has 1 heterocycles. The van der Waals surface area contributed by atoms with Gasteiger partial charge >= 0.3 is 6.18 Å². The van der Waals surface area contributed by atoms with Gasteiger partial charge in [-0.3, -0.25) is 9.63 Å². The molecule has 0 spiro atoms. The van der Waals surface area contributed by atoms with E-state index in [1.54, 1.807) is 19.3 Å². The highest BCUT2D eigenvalue weighted by molar-refractivity contribution is 6.33. The molecular weight excluding hydrogens is 287 g/mol. The molecule has 1 amide bonds.